The van der Waals surface area contributed by atoms with Crippen molar-refractivity contribution in [3.63, 3.8) is 0 Å². The lowest BCUT2D eigenvalue weighted by Crippen LogP contribution is -2.31. The Morgan fingerprint density at radius 1 is 1.20 bits per heavy atom. The van der Waals surface area contributed by atoms with Gasteiger partial charge in [-0.25, -0.2) is 14.7 Å². The van der Waals surface area contributed by atoms with Gasteiger partial charge in [-0.05, 0) is 43.0 Å². The van der Waals surface area contributed by atoms with Crippen molar-refractivity contribution < 1.29 is 14.3 Å². The van der Waals surface area contributed by atoms with E-state index in [-0.39, 0.29) is 18.5 Å². The highest BCUT2D eigenvalue weighted by molar-refractivity contribution is 7.12. The molecular weight excluding hydrogens is 402 g/mol. The van der Waals surface area contributed by atoms with Gasteiger partial charge in [-0.1, -0.05) is 12.1 Å². The lowest BCUT2D eigenvalue weighted by atomic mass is 10.0. The van der Waals surface area contributed by atoms with Crippen LogP contribution in [0.5, 0.6) is 11.5 Å². The summed E-state index contributed by atoms with van der Waals surface area (Å²) < 4.78 is 12.4. The van der Waals surface area contributed by atoms with Crippen LogP contribution >= 0.6 is 11.3 Å². The van der Waals surface area contributed by atoms with Crippen LogP contribution in [0.15, 0.2) is 40.8 Å². The zero-order valence-corrected chi connectivity index (χ0v) is 18.1. The van der Waals surface area contributed by atoms with Crippen molar-refractivity contribution >= 4 is 23.0 Å². The molecule has 0 saturated carbocycles. The molecule has 0 bridgehead atoms. The predicted octanol–water partition coefficient (Wildman–Crippen LogP) is 3.35. The molecule has 1 aliphatic heterocycles. The molecule has 4 rings (SSSR count). The highest BCUT2D eigenvalue weighted by Crippen LogP contribution is 2.38. The Hall–Kier alpha value is -3.20. The molecule has 2 aromatic heterocycles. The van der Waals surface area contributed by atoms with Crippen molar-refractivity contribution in [3.8, 4) is 11.5 Å². The second-order valence-corrected chi connectivity index (χ2v) is 7.91. The molecule has 0 fully saturated rings. The van der Waals surface area contributed by atoms with E-state index >= 15 is 0 Å². The first-order valence-corrected chi connectivity index (χ1v) is 10.4. The molecule has 3 heterocycles. The molecule has 1 aromatic carbocycles. The number of methoxy groups -OCH3 is 2. The second kappa shape index (κ2) is 8.27. The maximum Gasteiger partial charge on any atom is 0.265 e. The van der Waals surface area contributed by atoms with Gasteiger partial charge in [0.1, 0.15) is 18.2 Å². The molecule has 0 radical (unpaired) electrons. The number of benzene rings is 1. The number of carbonyl (C=O) groups excluding carboxylic acids is 1. The van der Waals surface area contributed by atoms with Crippen LogP contribution in [-0.4, -0.2) is 45.6 Å². The molecule has 0 aliphatic carbocycles. The summed E-state index contributed by atoms with van der Waals surface area (Å²) in [5, 5.41) is 12.6. The molecule has 1 unspecified atom stereocenters. The van der Waals surface area contributed by atoms with Crippen molar-refractivity contribution in [1.82, 2.24) is 19.8 Å². The fourth-order valence-electron chi connectivity index (χ4n) is 3.56. The normalized spacial score (nSPS) is 15.9. The van der Waals surface area contributed by atoms with Crippen molar-refractivity contribution in [2.75, 3.05) is 14.2 Å². The number of carbonyl (C=O) groups is 1. The first kappa shape index (κ1) is 20.1. The van der Waals surface area contributed by atoms with Gasteiger partial charge >= 0.3 is 0 Å². The van der Waals surface area contributed by atoms with E-state index in [9.17, 15) is 4.79 Å². The Balaban J connectivity index is 1.68. The fourth-order valence-corrected chi connectivity index (χ4v) is 4.28. The van der Waals surface area contributed by atoms with Gasteiger partial charge in [0.05, 0.1) is 30.9 Å². The van der Waals surface area contributed by atoms with E-state index in [1.54, 1.807) is 35.2 Å². The number of aryl methyl sites for hydroxylation is 2. The van der Waals surface area contributed by atoms with Crippen molar-refractivity contribution in [2.24, 2.45) is 5.10 Å². The summed E-state index contributed by atoms with van der Waals surface area (Å²) in [6, 6.07) is 9.48. The third-order valence-corrected chi connectivity index (χ3v) is 5.93. The summed E-state index contributed by atoms with van der Waals surface area (Å²) in [5.41, 5.74) is 1.83. The highest BCUT2D eigenvalue weighted by atomic mass is 32.1. The van der Waals surface area contributed by atoms with Gasteiger partial charge in [-0.2, -0.15) is 10.2 Å². The maximum atomic E-state index is 13.2. The minimum absolute atomic E-state index is 0.0810. The monoisotopic (exact) mass is 425 g/mol. The molecule has 1 amide bonds. The standard InChI is InChI=1S/C21H23N5O3S/c1-13-22-14(2)25(23-13)12-21(27)26-17(11-16(24-26)20-6-5-9-30-20)15-7-8-18(28-3)19(10-15)29-4/h5-10,17H,11-12H2,1-4H3. The molecule has 9 heteroatoms. The first-order valence-electron chi connectivity index (χ1n) is 9.53. The molecule has 1 atom stereocenters. The molecule has 30 heavy (non-hydrogen) atoms. The first-order chi connectivity index (χ1) is 14.5. The number of rotatable bonds is 6. The van der Waals surface area contributed by atoms with E-state index in [0.717, 1.165) is 16.2 Å². The number of hydrazone groups is 1. The van der Waals surface area contributed by atoms with Crippen molar-refractivity contribution in [1.29, 1.82) is 0 Å². The Kier molecular flexibility index (Phi) is 5.54. The van der Waals surface area contributed by atoms with Gasteiger partial charge in [0.25, 0.3) is 5.91 Å². The molecule has 3 aromatic rings. The molecule has 0 N–H and O–H groups in total. The Labute approximate surface area is 178 Å². The summed E-state index contributed by atoms with van der Waals surface area (Å²) in [4.78, 5) is 18.6. The van der Waals surface area contributed by atoms with Crippen LogP contribution in [0.2, 0.25) is 0 Å². The van der Waals surface area contributed by atoms with Crippen LogP contribution in [0, 0.1) is 13.8 Å². The quantitative estimate of drug-likeness (QED) is 0.605. The fraction of sp³-hybridized carbons (Fsp3) is 0.333. The molecule has 0 spiro atoms. The predicted molar refractivity (Wildman–Crippen MR) is 114 cm³/mol. The summed E-state index contributed by atoms with van der Waals surface area (Å²) in [5.74, 6) is 2.46. The summed E-state index contributed by atoms with van der Waals surface area (Å²) >= 11 is 1.61. The molecule has 1 aliphatic rings. The van der Waals surface area contributed by atoms with E-state index < -0.39 is 0 Å². The van der Waals surface area contributed by atoms with Gasteiger partial charge in [0, 0.05) is 6.42 Å². The third kappa shape index (κ3) is 3.80. The van der Waals surface area contributed by atoms with E-state index in [4.69, 9.17) is 14.6 Å². The second-order valence-electron chi connectivity index (χ2n) is 6.96. The number of ether oxygens (including phenoxy) is 2. The maximum absolute atomic E-state index is 13.2. The van der Waals surface area contributed by atoms with Crippen LogP contribution < -0.4 is 9.47 Å². The Bertz CT molecular complexity index is 1090. The number of amides is 1. The van der Waals surface area contributed by atoms with Crippen LogP contribution in [0.4, 0.5) is 0 Å². The third-order valence-electron chi connectivity index (χ3n) is 5.01. The van der Waals surface area contributed by atoms with Crippen LogP contribution in [-0.2, 0) is 11.3 Å². The van der Waals surface area contributed by atoms with E-state index in [2.05, 4.69) is 10.1 Å². The summed E-state index contributed by atoms with van der Waals surface area (Å²) in [6.07, 6.45) is 0.622. The van der Waals surface area contributed by atoms with Crippen molar-refractivity contribution in [2.45, 2.75) is 32.9 Å². The summed E-state index contributed by atoms with van der Waals surface area (Å²) in [7, 11) is 3.20. The number of hydrogen-bond donors (Lipinski definition) is 0. The number of hydrogen-bond acceptors (Lipinski definition) is 7. The Morgan fingerprint density at radius 2 is 2.00 bits per heavy atom. The largest absolute Gasteiger partial charge is 0.493 e. The zero-order chi connectivity index (χ0) is 21.3. The van der Waals surface area contributed by atoms with Gasteiger partial charge in [-0.3, -0.25) is 4.79 Å². The van der Waals surface area contributed by atoms with Gasteiger partial charge in [-0.15, -0.1) is 11.3 Å². The number of aromatic nitrogens is 3. The molecular formula is C21H23N5O3S. The highest BCUT2D eigenvalue weighted by Gasteiger charge is 2.34. The zero-order valence-electron chi connectivity index (χ0n) is 17.3. The topological polar surface area (TPSA) is 81.8 Å². The van der Waals surface area contributed by atoms with E-state index in [1.165, 1.54) is 0 Å². The smallest absolute Gasteiger partial charge is 0.265 e. The van der Waals surface area contributed by atoms with Crippen molar-refractivity contribution in [3.05, 3.63) is 57.8 Å². The number of nitrogens with zero attached hydrogens (tertiary/aromatic N) is 5. The lowest BCUT2D eigenvalue weighted by molar-refractivity contribution is -0.133. The van der Waals surface area contributed by atoms with E-state index in [1.807, 2.05) is 49.6 Å². The van der Waals surface area contributed by atoms with Crippen LogP contribution in [0.25, 0.3) is 0 Å². The van der Waals surface area contributed by atoms with Crippen LogP contribution in [0.3, 0.4) is 0 Å². The van der Waals surface area contributed by atoms with Gasteiger partial charge < -0.3 is 9.47 Å². The number of thiophene rings is 1. The minimum atomic E-state index is -0.237. The Morgan fingerprint density at radius 3 is 2.63 bits per heavy atom. The lowest BCUT2D eigenvalue weighted by Gasteiger charge is -2.23. The minimum Gasteiger partial charge on any atom is -0.493 e. The van der Waals surface area contributed by atoms with Gasteiger partial charge in [0.2, 0.25) is 0 Å². The molecule has 156 valence electrons. The van der Waals surface area contributed by atoms with Crippen LogP contribution in [0.1, 0.15) is 34.6 Å². The summed E-state index contributed by atoms with van der Waals surface area (Å²) in [6.45, 7) is 3.73. The molecule has 8 nitrogen and oxygen atoms in total. The van der Waals surface area contributed by atoms with Gasteiger partial charge in [0.15, 0.2) is 11.5 Å². The SMILES string of the molecule is COc1ccc(C2CC(c3cccs3)=NN2C(=O)Cn2nc(C)nc2C)cc1OC. The van der Waals surface area contributed by atoms with E-state index in [0.29, 0.717) is 29.6 Å². The average molecular weight is 426 g/mol. The average Bonchev–Trinajstić information content (AvgIpc) is 3.47. The molecule has 0 saturated heterocycles.